The summed E-state index contributed by atoms with van der Waals surface area (Å²) in [6.07, 6.45) is 1.83. The number of benzene rings is 1. The van der Waals surface area contributed by atoms with E-state index in [-0.39, 0.29) is 6.04 Å². The third-order valence-corrected chi connectivity index (χ3v) is 3.54. The SMILES string of the molecule is Cc1cc(NC(C)c2ccccc2)ncc1Br. The van der Waals surface area contributed by atoms with Gasteiger partial charge in [0, 0.05) is 16.7 Å². The molecule has 2 aromatic rings. The van der Waals surface area contributed by atoms with E-state index in [2.05, 4.69) is 52.2 Å². The van der Waals surface area contributed by atoms with Crippen LogP contribution in [0.3, 0.4) is 0 Å². The van der Waals surface area contributed by atoms with Crippen LogP contribution in [0, 0.1) is 6.92 Å². The maximum atomic E-state index is 4.35. The summed E-state index contributed by atoms with van der Waals surface area (Å²) in [6, 6.07) is 12.7. The van der Waals surface area contributed by atoms with Crippen molar-refractivity contribution in [2.75, 3.05) is 5.32 Å². The number of aryl methyl sites for hydroxylation is 1. The van der Waals surface area contributed by atoms with Crippen LogP contribution in [0.4, 0.5) is 5.82 Å². The van der Waals surface area contributed by atoms with Crippen molar-refractivity contribution >= 4 is 21.7 Å². The number of aromatic nitrogens is 1. The van der Waals surface area contributed by atoms with Crippen molar-refractivity contribution < 1.29 is 0 Å². The Morgan fingerprint density at radius 2 is 1.94 bits per heavy atom. The third-order valence-electron chi connectivity index (χ3n) is 2.71. The highest BCUT2D eigenvalue weighted by atomic mass is 79.9. The average Bonchev–Trinajstić information content (AvgIpc) is 2.35. The Labute approximate surface area is 110 Å². The quantitative estimate of drug-likeness (QED) is 0.910. The number of hydrogen-bond acceptors (Lipinski definition) is 2. The lowest BCUT2D eigenvalue weighted by Crippen LogP contribution is -2.07. The van der Waals surface area contributed by atoms with Crippen molar-refractivity contribution in [3.63, 3.8) is 0 Å². The van der Waals surface area contributed by atoms with Gasteiger partial charge in [-0.25, -0.2) is 4.98 Å². The molecule has 0 amide bonds. The van der Waals surface area contributed by atoms with Crippen LogP contribution in [-0.2, 0) is 0 Å². The fourth-order valence-electron chi connectivity index (χ4n) is 1.67. The normalized spacial score (nSPS) is 12.2. The molecule has 0 aliphatic heterocycles. The molecule has 1 N–H and O–H groups in total. The van der Waals surface area contributed by atoms with Crippen LogP contribution in [0.2, 0.25) is 0 Å². The minimum absolute atomic E-state index is 0.254. The molecule has 1 aromatic carbocycles. The van der Waals surface area contributed by atoms with E-state index in [0.717, 1.165) is 10.3 Å². The molecule has 17 heavy (non-hydrogen) atoms. The highest BCUT2D eigenvalue weighted by molar-refractivity contribution is 9.10. The van der Waals surface area contributed by atoms with Gasteiger partial charge in [0.15, 0.2) is 0 Å². The average molecular weight is 291 g/mol. The van der Waals surface area contributed by atoms with Crippen molar-refractivity contribution in [1.29, 1.82) is 0 Å². The Balaban J connectivity index is 2.13. The lowest BCUT2D eigenvalue weighted by atomic mass is 10.1. The van der Waals surface area contributed by atoms with Gasteiger partial charge in [0.25, 0.3) is 0 Å². The molecule has 1 unspecified atom stereocenters. The lowest BCUT2D eigenvalue weighted by molar-refractivity contribution is 0.873. The second-order valence-electron chi connectivity index (χ2n) is 4.10. The number of pyridine rings is 1. The first-order valence-corrected chi connectivity index (χ1v) is 6.40. The smallest absolute Gasteiger partial charge is 0.126 e. The molecule has 0 radical (unpaired) electrons. The van der Waals surface area contributed by atoms with Gasteiger partial charge >= 0.3 is 0 Å². The minimum atomic E-state index is 0.254. The van der Waals surface area contributed by atoms with Gasteiger partial charge in [-0.15, -0.1) is 0 Å². The van der Waals surface area contributed by atoms with E-state index in [0.29, 0.717) is 0 Å². The maximum absolute atomic E-state index is 4.35. The van der Waals surface area contributed by atoms with Gasteiger partial charge in [-0.05, 0) is 47.0 Å². The van der Waals surface area contributed by atoms with E-state index < -0.39 is 0 Å². The maximum Gasteiger partial charge on any atom is 0.126 e. The Morgan fingerprint density at radius 3 is 2.59 bits per heavy atom. The molecule has 0 fully saturated rings. The monoisotopic (exact) mass is 290 g/mol. The van der Waals surface area contributed by atoms with Gasteiger partial charge in [-0.2, -0.15) is 0 Å². The van der Waals surface area contributed by atoms with E-state index in [1.54, 1.807) is 0 Å². The van der Waals surface area contributed by atoms with Crippen LogP contribution in [0.5, 0.6) is 0 Å². The first-order chi connectivity index (χ1) is 8.16. The van der Waals surface area contributed by atoms with Crippen molar-refractivity contribution in [2.45, 2.75) is 19.9 Å². The molecular weight excluding hydrogens is 276 g/mol. The van der Waals surface area contributed by atoms with Gasteiger partial charge in [0.05, 0.1) is 0 Å². The van der Waals surface area contributed by atoms with Gasteiger partial charge < -0.3 is 5.32 Å². The number of nitrogens with one attached hydrogen (secondary N) is 1. The van der Waals surface area contributed by atoms with E-state index in [9.17, 15) is 0 Å². The van der Waals surface area contributed by atoms with E-state index >= 15 is 0 Å². The van der Waals surface area contributed by atoms with Gasteiger partial charge in [-0.3, -0.25) is 0 Å². The molecule has 0 saturated carbocycles. The summed E-state index contributed by atoms with van der Waals surface area (Å²) in [5.74, 6) is 0.905. The number of anilines is 1. The van der Waals surface area contributed by atoms with Gasteiger partial charge in [0.2, 0.25) is 0 Å². The molecule has 88 valence electrons. The highest BCUT2D eigenvalue weighted by Gasteiger charge is 2.06. The largest absolute Gasteiger partial charge is 0.364 e. The number of hydrogen-bond donors (Lipinski definition) is 1. The standard InChI is InChI=1S/C14H15BrN2/c1-10-8-14(16-9-13(10)15)17-11(2)12-6-4-3-5-7-12/h3-9,11H,1-2H3,(H,16,17). The van der Waals surface area contributed by atoms with E-state index in [1.165, 1.54) is 11.1 Å². The second-order valence-corrected chi connectivity index (χ2v) is 4.95. The van der Waals surface area contributed by atoms with Crippen LogP contribution in [-0.4, -0.2) is 4.98 Å². The Hall–Kier alpha value is -1.35. The van der Waals surface area contributed by atoms with Crippen LogP contribution >= 0.6 is 15.9 Å². The number of rotatable bonds is 3. The topological polar surface area (TPSA) is 24.9 Å². The van der Waals surface area contributed by atoms with Crippen LogP contribution in [0.1, 0.15) is 24.1 Å². The number of nitrogens with zero attached hydrogens (tertiary/aromatic N) is 1. The summed E-state index contributed by atoms with van der Waals surface area (Å²) in [5.41, 5.74) is 2.44. The van der Waals surface area contributed by atoms with Crippen LogP contribution < -0.4 is 5.32 Å². The summed E-state index contributed by atoms with van der Waals surface area (Å²) in [4.78, 5) is 4.35. The predicted molar refractivity (Wildman–Crippen MR) is 75.2 cm³/mol. The molecule has 2 nitrogen and oxygen atoms in total. The predicted octanol–water partition coefficient (Wildman–Crippen LogP) is 4.33. The summed E-state index contributed by atoms with van der Waals surface area (Å²) >= 11 is 3.45. The van der Waals surface area contributed by atoms with Gasteiger partial charge in [-0.1, -0.05) is 30.3 Å². The molecule has 1 aromatic heterocycles. The van der Waals surface area contributed by atoms with E-state index in [4.69, 9.17) is 0 Å². The third kappa shape index (κ3) is 3.07. The Morgan fingerprint density at radius 1 is 1.24 bits per heavy atom. The lowest BCUT2D eigenvalue weighted by Gasteiger charge is -2.15. The molecule has 3 heteroatoms. The summed E-state index contributed by atoms with van der Waals surface area (Å²) in [5, 5.41) is 3.39. The molecular formula is C14H15BrN2. The minimum Gasteiger partial charge on any atom is -0.364 e. The van der Waals surface area contributed by atoms with Crippen LogP contribution in [0.25, 0.3) is 0 Å². The van der Waals surface area contributed by atoms with Crippen molar-refractivity contribution in [2.24, 2.45) is 0 Å². The number of halogens is 1. The van der Waals surface area contributed by atoms with Crippen molar-refractivity contribution in [3.05, 3.63) is 58.2 Å². The molecule has 0 saturated heterocycles. The molecule has 1 atom stereocenters. The van der Waals surface area contributed by atoms with Crippen molar-refractivity contribution in [3.8, 4) is 0 Å². The first kappa shape index (κ1) is 12.1. The summed E-state index contributed by atoms with van der Waals surface area (Å²) < 4.78 is 1.04. The molecule has 0 bridgehead atoms. The Kier molecular flexibility index (Phi) is 3.79. The molecule has 0 aliphatic carbocycles. The zero-order chi connectivity index (χ0) is 12.3. The molecule has 1 heterocycles. The van der Waals surface area contributed by atoms with Crippen LogP contribution in [0.15, 0.2) is 47.1 Å². The fourth-order valence-corrected chi connectivity index (χ4v) is 1.88. The Bertz CT molecular complexity index is 497. The fraction of sp³-hybridized carbons (Fsp3) is 0.214. The van der Waals surface area contributed by atoms with Gasteiger partial charge in [0.1, 0.15) is 5.82 Å². The zero-order valence-electron chi connectivity index (χ0n) is 9.94. The molecule has 0 spiro atoms. The first-order valence-electron chi connectivity index (χ1n) is 5.60. The molecule has 0 aliphatic rings. The summed E-state index contributed by atoms with van der Waals surface area (Å²) in [6.45, 7) is 4.19. The second kappa shape index (κ2) is 5.32. The molecule has 2 rings (SSSR count). The zero-order valence-corrected chi connectivity index (χ0v) is 11.5. The van der Waals surface area contributed by atoms with Crippen molar-refractivity contribution in [1.82, 2.24) is 4.98 Å². The summed E-state index contributed by atoms with van der Waals surface area (Å²) in [7, 11) is 0. The highest BCUT2D eigenvalue weighted by Crippen LogP contribution is 2.21. The van der Waals surface area contributed by atoms with E-state index in [1.807, 2.05) is 30.5 Å².